The number of aliphatic hydroxyl groups is 2. The fraction of sp³-hybridized carbons (Fsp3) is 0.794. The van der Waals surface area contributed by atoms with Gasteiger partial charge in [-0.05, 0) is 44.9 Å². The van der Waals surface area contributed by atoms with E-state index >= 15 is 0 Å². The first-order valence-electron chi connectivity index (χ1n) is 16.2. The summed E-state index contributed by atoms with van der Waals surface area (Å²) in [6, 6.07) is -0.637. The molecule has 0 aliphatic heterocycles. The maximum Gasteiger partial charge on any atom is 0.220 e. The summed E-state index contributed by atoms with van der Waals surface area (Å²) < 4.78 is 0. The second-order valence-electron chi connectivity index (χ2n) is 10.9. The highest BCUT2D eigenvalue weighted by atomic mass is 16.3. The minimum Gasteiger partial charge on any atom is -0.394 e. The molecule has 0 aromatic heterocycles. The average Bonchev–Trinajstić information content (AvgIpc) is 2.91. The van der Waals surface area contributed by atoms with Gasteiger partial charge in [0.1, 0.15) is 0 Å². The molecule has 0 aliphatic carbocycles. The van der Waals surface area contributed by atoms with E-state index in [2.05, 4.69) is 36.5 Å². The predicted octanol–water partition coefficient (Wildman–Crippen LogP) is 9.12. The van der Waals surface area contributed by atoms with Gasteiger partial charge in [-0.25, -0.2) is 0 Å². The van der Waals surface area contributed by atoms with Crippen LogP contribution in [0.4, 0.5) is 0 Å². The summed E-state index contributed by atoms with van der Waals surface area (Å²) in [4.78, 5) is 11.6. The van der Waals surface area contributed by atoms with Gasteiger partial charge in [0.25, 0.3) is 0 Å². The van der Waals surface area contributed by atoms with E-state index in [0.29, 0.717) is 6.42 Å². The predicted molar refractivity (Wildman–Crippen MR) is 165 cm³/mol. The maximum atomic E-state index is 11.6. The first-order valence-corrected chi connectivity index (χ1v) is 16.2. The Morgan fingerprint density at radius 3 is 1.47 bits per heavy atom. The van der Waals surface area contributed by atoms with Crippen LogP contribution in [0.1, 0.15) is 155 Å². The minimum absolute atomic E-state index is 0.134. The first-order chi connectivity index (χ1) is 18.7. The summed E-state index contributed by atoms with van der Waals surface area (Å²) in [6.07, 6.45) is 39.3. The van der Waals surface area contributed by atoms with Gasteiger partial charge in [-0.1, -0.05) is 140 Å². The Bertz CT molecular complexity index is 584. The minimum atomic E-state index is -0.862. The summed E-state index contributed by atoms with van der Waals surface area (Å²) >= 11 is 0. The number of aliphatic hydroxyl groups excluding tert-OH is 2. The molecular weight excluding hydrogens is 470 g/mol. The zero-order chi connectivity index (χ0) is 27.9. The van der Waals surface area contributed by atoms with Crippen LogP contribution in [0.15, 0.2) is 36.5 Å². The summed E-state index contributed by atoms with van der Waals surface area (Å²) in [5.74, 6) is -0.134. The normalized spacial score (nSPS) is 13.7. The second-order valence-corrected chi connectivity index (χ2v) is 10.9. The molecule has 0 fully saturated rings. The summed E-state index contributed by atoms with van der Waals surface area (Å²) in [5.41, 5.74) is 0. The molecule has 0 aromatic rings. The third kappa shape index (κ3) is 26.2. The molecule has 2 unspecified atom stereocenters. The Morgan fingerprint density at radius 1 is 0.605 bits per heavy atom. The van der Waals surface area contributed by atoms with Crippen molar-refractivity contribution in [2.24, 2.45) is 0 Å². The molecule has 222 valence electrons. The number of unbranched alkanes of at least 4 members (excludes halogenated alkanes) is 17. The molecule has 0 saturated heterocycles. The Hall–Kier alpha value is -1.39. The number of amides is 1. The molecule has 4 nitrogen and oxygen atoms in total. The Morgan fingerprint density at radius 2 is 1.03 bits per heavy atom. The third-order valence-corrected chi connectivity index (χ3v) is 7.07. The molecule has 0 radical (unpaired) electrons. The van der Waals surface area contributed by atoms with Crippen molar-refractivity contribution in [1.82, 2.24) is 5.32 Å². The summed E-state index contributed by atoms with van der Waals surface area (Å²) in [7, 11) is 0. The fourth-order valence-electron chi connectivity index (χ4n) is 4.60. The van der Waals surface area contributed by atoms with Gasteiger partial charge < -0.3 is 15.5 Å². The average molecular weight is 534 g/mol. The molecule has 3 N–H and O–H groups in total. The third-order valence-electron chi connectivity index (χ3n) is 7.07. The molecule has 2 atom stereocenters. The molecule has 38 heavy (non-hydrogen) atoms. The van der Waals surface area contributed by atoms with Crippen molar-refractivity contribution < 1.29 is 15.0 Å². The first kappa shape index (κ1) is 36.6. The Balaban J connectivity index is 3.48. The topological polar surface area (TPSA) is 69.6 Å². The zero-order valence-corrected chi connectivity index (χ0v) is 25.2. The van der Waals surface area contributed by atoms with Gasteiger partial charge in [-0.15, -0.1) is 0 Å². The standard InChI is InChI=1S/C34H63NO3/c1-3-5-6-7-8-9-10-11-12-13-14-15-16-17-18-19-20-21-22-23-24-25-26-27-28-30-33(37)32(31-36)35-34(38)29-4-2/h20-21,24-25,28,30,32-33,36-37H,3-19,22-23,26-27,29,31H2,1-2H3,(H,35,38)/b21-20+,25-24+,30-28+. The van der Waals surface area contributed by atoms with Crippen LogP contribution in [0.3, 0.4) is 0 Å². The van der Waals surface area contributed by atoms with Gasteiger partial charge in [0, 0.05) is 6.42 Å². The van der Waals surface area contributed by atoms with Gasteiger partial charge in [-0.2, -0.15) is 0 Å². The van der Waals surface area contributed by atoms with E-state index < -0.39 is 12.1 Å². The Kier molecular flexibility index (Phi) is 29.1. The molecule has 4 heteroatoms. The van der Waals surface area contributed by atoms with Gasteiger partial charge in [-0.3, -0.25) is 4.79 Å². The van der Waals surface area contributed by atoms with Crippen LogP contribution in [0, 0.1) is 0 Å². The summed E-state index contributed by atoms with van der Waals surface area (Å²) in [5, 5.41) is 22.2. The van der Waals surface area contributed by atoms with E-state index in [-0.39, 0.29) is 12.5 Å². The van der Waals surface area contributed by atoms with E-state index in [1.165, 1.54) is 103 Å². The smallest absolute Gasteiger partial charge is 0.220 e. The highest BCUT2D eigenvalue weighted by Gasteiger charge is 2.17. The molecular formula is C34H63NO3. The lowest BCUT2D eigenvalue weighted by Crippen LogP contribution is -2.45. The lowest BCUT2D eigenvalue weighted by Gasteiger charge is -2.19. The van der Waals surface area contributed by atoms with E-state index in [0.717, 1.165) is 32.1 Å². The van der Waals surface area contributed by atoms with E-state index in [1.54, 1.807) is 6.08 Å². The van der Waals surface area contributed by atoms with Crippen molar-refractivity contribution in [3.63, 3.8) is 0 Å². The van der Waals surface area contributed by atoms with Crippen molar-refractivity contribution in [3.8, 4) is 0 Å². The van der Waals surface area contributed by atoms with Gasteiger partial charge >= 0.3 is 0 Å². The molecule has 0 saturated carbocycles. The van der Waals surface area contributed by atoms with Crippen molar-refractivity contribution >= 4 is 5.91 Å². The van der Waals surface area contributed by atoms with Crippen molar-refractivity contribution in [2.75, 3.05) is 6.61 Å². The van der Waals surface area contributed by atoms with E-state index in [9.17, 15) is 15.0 Å². The van der Waals surface area contributed by atoms with Crippen LogP contribution < -0.4 is 5.32 Å². The highest BCUT2D eigenvalue weighted by Crippen LogP contribution is 2.14. The largest absolute Gasteiger partial charge is 0.394 e. The van der Waals surface area contributed by atoms with E-state index in [1.807, 2.05) is 13.0 Å². The van der Waals surface area contributed by atoms with Crippen LogP contribution in [0.2, 0.25) is 0 Å². The SMILES string of the molecule is CCCCCCCCCCCCCCCCC/C=C/CC/C=C/CC/C=C/C(O)C(CO)NC(=O)CCC. The van der Waals surface area contributed by atoms with E-state index in [4.69, 9.17) is 0 Å². The molecule has 0 heterocycles. The molecule has 0 aromatic carbocycles. The number of hydrogen-bond acceptors (Lipinski definition) is 3. The summed E-state index contributed by atoms with van der Waals surface area (Å²) in [6.45, 7) is 3.94. The highest BCUT2D eigenvalue weighted by molar-refractivity contribution is 5.76. The number of hydrogen-bond donors (Lipinski definition) is 3. The molecule has 0 aliphatic rings. The number of nitrogens with one attached hydrogen (secondary N) is 1. The van der Waals surface area contributed by atoms with Gasteiger partial charge in [0.15, 0.2) is 0 Å². The van der Waals surface area contributed by atoms with Gasteiger partial charge in [0.05, 0.1) is 18.8 Å². The maximum absolute atomic E-state index is 11.6. The van der Waals surface area contributed by atoms with Gasteiger partial charge in [0.2, 0.25) is 5.91 Å². The zero-order valence-electron chi connectivity index (χ0n) is 25.2. The van der Waals surface area contributed by atoms with Crippen LogP contribution in [-0.2, 0) is 4.79 Å². The number of carbonyl (C=O) groups excluding carboxylic acids is 1. The number of allylic oxidation sites excluding steroid dienone is 5. The quantitative estimate of drug-likeness (QED) is 0.0693. The van der Waals surface area contributed by atoms with Crippen LogP contribution in [-0.4, -0.2) is 34.9 Å². The number of rotatable bonds is 28. The van der Waals surface area contributed by atoms with Crippen LogP contribution in [0.5, 0.6) is 0 Å². The van der Waals surface area contributed by atoms with Crippen molar-refractivity contribution in [1.29, 1.82) is 0 Å². The van der Waals surface area contributed by atoms with Crippen molar-refractivity contribution in [2.45, 2.75) is 167 Å². The Labute approximate surface area is 236 Å². The van der Waals surface area contributed by atoms with Crippen molar-refractivity contribution in [3.05, 3.63) is 36.5 Å². The van der Waals surface area contributed by atoms with Crippen LogP contribution >= 0.6 is 0 Å². The lowest BCUT2D eigenvalue weighted by atomic mass is 10.0. The molecule has 1 amide bonds. The second kappa shape index (κ2) is 30.2. The molecule has 0 bridgehead atoms. The monoisotopic (exact) mass is 533 g/mol. The molecule has 0 rings (SSSR count). The molecule has 0 spiro atoms. The fourth-order valence-corrected chi connectivity index (χ4v) is 4.60. The van der Waals surface area contributed by atoms with Crippen LogP contribution in [0.25, 0.3) is 0 Å². The number of carbonyl (C=O) groups is 1. The lowest BCUT2D eigenvalue weighted by molar-refractivity contribution is -0.122.